The molecule has 1 aliphatic carbocycles. The van der Waals surface area contributed by atoms with Crippen LogP contribution in [0.2, 0.25) is 0 Å². The molecule has 2 aliphatic rings. The molecule has 0 aromatic rings. The summed E-state index contributed by atoms with van der Waals surface area (Å²) >= 11 is 0. The van der Waals surface area contributed by atoms with Gasteiger partial charge >= 0.3 is 0 Å². The molecule has 0 radical (unpaired) electrons. The number of sulfonamides is 1. The Morgan fingerprint density at radius 2 is 1.56 bits per heavy atom. The summed E-state index contributed by atoms with van der Waals surface area (Å²) in [6.07, 6.45) is 3.84. The second-order valence-corrected chi connectivity index (χ2v) is 7.26. The summed E-state index contributed by atoms with van der Waals surface area (Å²) in [5.74, 6) is 0. The predicted octanol–water partition coefficient (Wildman–Crippen LogP) is 0.941. The molecule has 0 aromatic heterocycles. The van der Waals surface area contributed by atoms with Gasteiger partial charge in [-0.1, -0.05) is 12.8 Å². The van der Waals surface area contributed by atoms with Gasteiger partial charge in [0, 0.05) is 25.2 Å². The molecular weight excluding hydrogens is 224 g/mol. The first-order valence-corrected chi connectivity index (χ1v) is 7.77. The summed E-state index contributed by atoms with van der Waals surface area (Å²) in [5, 5.41) is 3.16. The Labute approximate surface area is 98.4 Å². The average Bonchev–Trinajstić information content (AvgIpc) is 2.69. The fraction of sp³-hybridized carbons (Fsp3) is 1.00. The smallest absolute Gasteiger partial charge is 0.217 e. The molecule has 2 fully saturated rings. The Morgan fingerprint density at radius 3 is 2.06 bits per heavy atom. The Hall–Kier alpha value is -0.130. The monoisotopic (exact) mass is 246 g/mol. The van der Waals surface area contributed by atoms with E-state index in [2.05, 4.69) is 5.32 Å². The zero-order chi connectivity index (χ0) is 11.8. The molecule has 1 saturated carbocycles. The second-order valence-electron chi connectivity index (χ2n) is 5.14. The van der Waals surface area contributed by atoms with Gasteiger partial charge in [0.1, 0.15) is 0 Å². The highest BCUT2D eigenvalue weighted by Gasteiger charge is 2.40. The van der Waals surface area contributed by atoms with Gasteiger partial charge in [-0.25, -0.2) is 8.42 Å². The quantitative estimate of drug-likeness (QED) is 0.789. The number of hydrogen-bond donors (Lipinski definition) is 1. The van der Waals surface area contributed by atoms with E-state index in [1.807, 2.05) is 13.8 Å². The van der Waals surface area contributed by atoms with Gasteiger partial charge in [0.2, 0.25) is 10.0 Å². The van der Waals surface area contributed by atoms with E-state index in [1.54, 1.807) is 4.31 Å². The van der Waals surface area contributed by atoms with Crippen molar-refractivity contribution in [2.75, 3.05) is 13.1 Å². The topological polar surface area (TPSA) is 49.4 Å². The Balaban J connectivity index is 2.20. The molecule has 1 aliphatic heterocycles. The summed E-state index contributed by atoms with van der Waals surface area (Å²) in [6.45, 7) is 5.54. The van der Waals surface area contributed by atoms with Crippen molar-refractivity contribution < 1.29 is 8.42 Å². The van der Waals surface area contributed by atoms with Crippen molar-refractivity contribution in [3.63, 3.8) is 0 Å². The van der Waals surface area contributed by atoms with Gasteiger partial charge in [0.15, 0.2) is 0 Å². The van der Waals surface area contributed by atoms with Crippen LogP contribution < -0.4 is 5.32 Å². The van der Waals surface area contributed by atoms with Crippen molar-refractivity contribution in [3.05, 3.63) is 0 Å². The molecule has 16 heavy (non-hydrogen) atoms. The maximum atomic E-state index is 12.5. The fourth-order valence-electron chi connectivity index (χ4n) is 2.98. The van der Waals surface area contributed by atoms with Gasteiger partial charge in [0.25, 0.3) is 0 Å². The first kappa shape index (κ1) is 12.3. The van der Waals surface area contributed by atoms with Crippen molar-refractivity contribution >= 4 is 10.0 Å². The van der Waals surface area contributed by atoms with Crippen LogP contribution in [0.3, 0.4) is 0 Å². The van der Waals surface area contributed by atoms with Gasteiger partial charge in [0.05, 0.1) is 5.25 Å². The molecule has 0 aromatic carbocycles. The summed E-state index contributed by atoms with van der Waals surface area (Å²) in [6, 6.07) is 0.184. The molecule has 1 heterocycles. The molecule has 0 bridgehead atoms. The Morgan fingerprint density at radius 1 is 1.06 bits per heavy atom. The van der Waals surface area contributed by atoms with Crippen molar-refractivity contribution in [3.8, 4) is 0 Å². The highest BCUT2D eigenvalue weighted by Crippen LogP contribution is 2.29. The molecule has 2 rings (SSSR count). The highest BCUT2D eigenvalue weighted by atomic mass is 32.2. The molecule has 4 nitrogen and oxygen atoms in total. The molecule has 94 valence electrons. The number of piperazine rings is 1. The van der Waals surface area contributed by atoms with E-state index in [0.717, 1.165) is 38.8 Å². The van der Waals surface area contributed by atoms with Gasteiger partial charge < -0.3 is 5.32 Å². The number of hydrogen-bond acceptors (Lipinski definition) is 3. The summed E-state index contributed by atoms with van der Waals surface area (Å²) in [7, 11) is -3.07. The molecule has 2 unspecified atom stereocenters. The summed E-state index contributed by atoms with van der Waals surface area (Å²) in [4.78, 5) is 0. The molecule has 0 spiro atoms. The number of nitrogens with zero attached hydrogens (tertiary/aromatic N) is 1. The number of nitrogens with one attached hydrogen (secondary N) is 1. The second kappa shape index (κ2) is 4.63. The first-order chi connectivity index (χ1) is 7.53. The minimum Gasteiger partial charge on any atom is -0.314 e. The zero-order valence-corrected chi connectivity index (χ0v) is 11.0. The normalized spacial score (nSPS) is 34.4. The van der Waals surface area contributed by atoms with Crippen LogP contribution in [0.4, 0.5) is 0 Å². The Kier molecular flexibility index (Phi) is 3.56. The molecule has 2 atom stereocenters. The van der Waals surface area contributed by atoms with E-state index in [4.69, 9.17) is 0 Å². The van der Waals surface area contributed by atoms with E-state index in [1.165, 1.54) is 0 Å². The molecule has 0 amide bonds. The van der Waals surface area contributed by atoms with Gasteiger partial charge in [-0.05, 0) is 26.7 Å². The lowest BCUT2D eigenvalue weighted by Crippen LogP contribution is -2.58. The largest absolute Gasteiger partial charge is 0.314 e. The molecule has 1 N–H and O–H groups in total. The van der Waals surface area contributed by atoms with Crippen LogP contribution in [0.25, 0.3) is 0 Å². The fourth-order valence-corrected chi connectivity index (χ4v) is 5.40. The van der Waals surface area contributed by atoms with Crippen LogP contribution in [-0.2, 0) is 10.0 Å². The highest BCUT2D eigenvalue weighted by molar-refractivity contribution is 7.89. The number of rotatable bonds is 2. The third-order valence-corrected chi connectivity index (χ3v) is 6.39. The minimum absolute atomic E-state index is 0.0920. The third kappa shape index (κ3) is 2.13. The predicted molar refractivity (Wildman–Crippen MR) is 64.8 cm³/mol. The van der Waals surface area contributed by atoms with Gasteiger partial charge in [-0.2, -0.15) is 4.31 Å². The Bertz CT molecular complexity index is 326. The lowest BCUT2D eigenvalue weighted by Gasteiger charge is -2.39. The van der Waals surface area contributed by atoms with Crippen LogP contribution >= 0.6 is 0 Å². The molecule has 5 heteroatoms. The standard InChI is InChI=1S/C11H22N2O2S/c1-9-7-12-8-10(2)13(9)16(14,15)11-5-3-4-6-11/h9-12H,3-8H2,1-2H3. The zero-order valence-electron chi connectivity index (χ0n) is 10.1. The average molecular weight is 246 g/mol. The van der Waals surface area contributed by atoms with Crippen molar-refractivity contribution in [1.29, 1.82) is 0 Å². The van der Waals surface area contributed by atoms with E-state index < -0.39 is 10.0 Å². The first-order valence-electron chi connectivity index (χ1n) is 6.26. The van der Waals surface area contributed by atoms with Gasteiger partial charge in [-0.15, -0.1) is 0 Å². The van der Waals surface area contributed by atoms with Gasteiger partial charge in [-0.3, -0.25) is 0 Å². The van der Waals surface area contributed by atoms with Crippen LogP contribution in [0.5, 0.6) is 0 Å². The van der Waals surface area contributed by atoms with Crippen molar-refractivity contribution in [1.82, 2.24) is 9.62 Å². The van der Waals surface area contributed by atoms with Crippen molar-refractivity contribution in [2.45, 2.75) is 56.9 Å². The maximum Gasteiger partial charge on any atom is 0.217 e. The summed E-state index contributed by atoms with van der Waals surface area (Å²) < 4.78 is 26.8. The van der Waals surface area contributed by atoms with Crippen molar-refractivity contribution in [2.24, 2.45) is 0 Å². The van der Waals surface area contributed by atoms with Crippen LogP contribution in [0, 0.1) is 0 Å². The van der Waals surface area contributed by atoms with E-state index >= 15 is 0 Å². The summed E-state index contributed by atoms with van der Waals surface area (Å²) in [5.41, 5.74) is 0. The lowest BCUT2D eigenvalue weighted by molar-refractivity contribution is 0.217. The van der Waals surface area contributed by atoms with E-state index in [-0.39, 0.29) is 17.3 Å². The maximum absolute atomic E-state index is 12.5. The molecular formula is C11H22N2O2S. The van der Waals surface area contributed by atoms with Crippen LogP contribution in [-0.4, -0.2) is 43.1 Å². The van der Waals surface area contributed by atoms with Crippen LogP contribution in [0.15, 0.2) is 0 Å². The van der Waals surface area contributed by atoms with Crippen LogP contribution in [0.1, 0.15) is 39.5 Å². The van der Waals surface area contributed by atoms with E-state index in [0.29, 0.717) is 0 Å². The van der Waals surface area contributed by atoms with E-state index in [9.17, 15) is 8.42 Å². The minimum atomic E-state index is -3.07. The molecule has 1 saturated heterocycles. The lowest BCUT2D eigenvalue weighted by atomic mass is 10.2. The SMILES string of the molecule is CC1CNCC(C)N1S(=O)(=O)C1CCCC1. The third-order valence-electron chi connectivity index (χ3n) is 3.77.